The summed E-state index contributed by atoms with van der Waals surface area (Å²) in [4.78, 5) is 27.3. The summed E-state index contributed by atoms with van der Waals surface area (Å²) in [6, 6.07) is 8.31. The summed E-state index contributed by atoms with van der Waals surface area (Å²) in [5.74, 6) is -1.85. The Hall–Kier alpha value is -2.45. The van der Waals surface area contributed by atoms with Gasteiger partial charge in [-0.15, -0.1) is 0 Å². The molecule has 0 aromatic heterocycles. The predicted molar refractivity (Wildman–Crippen MR) is 140 cm³/mol. The number of hydrogen-bond donors (Lipinski definition) is 2. The first kappa shape index (κ1) is 29.6. The highest BCUT2D eigenvalue weighted by molar-refractivity contribution is 9.10. The second-order valence-electron chi connectivity index (χ2n) is 8.50. The van der Waals surface area contributed by atoms with Gasteiger partial charge in [-0.25, -0.2) is 9.59 Å². The fourth-order valence-electron chi connectivity index (χ4n) is 3.17. The molecular formula is C26H37BrN2O5. The van der Waals surface area contributed by atoms with E-state index in [1.807, 2.05) is 0 Å². The summed E-state index contributed by atoms with van der Waals surface area (Å²) in [5, 5.41) is 20.0. The standard InChI is InChI=1S/C22H33BrN2O.C4H4O4/c1-19(2)7-13-22(14-10-20-8-11-21(23)12-9-20)24-26-18-6-17-25-15-4-3-5-16-25;5-3(6)1-2-4(7)8/h8-12,14,19H,3-7,13,15-18H2,1-2H3;1-2H,(H,5,6)(H,7,8)/b14-10+,24-22+;2-1+. The molecule has 0 amide bonds. The quantitative estimate of drug-likeness (QED) is 0.150. The van der Waals surface area contributed by atoms with Crippen LogP contribution in [-0.4, -0.2) is 59.0 Å². The number of aliphatic carboxylic acids is 2. The molecule has 2 rings (SSSR count). The van der Waals surface area contributed by atoms with Crippen LogP contribution in [-0.2, 0) is 14.4 Å². The monoisotopic (exact) mass is 536 g/mol. The fraction of sp³-hybridized carbons (Fsp3) is 0.500. The summed E-state index contributed by atoms with van der Waals surface area (Å²) >= 11 is 3.47. The number of carboxylic acid groups (broad SMARTS) is 2. The number of hydrogen-bond acceptors (Lipinski definition) is 5. The fourth-order valence-corrected chi connectivity index (χ4v) is 3.43. The van der Waals surface area contributed by atoms with Crippen LogP contribution in [0.15, 0.2) is 52.1 Å². The minimum Gasteiger partial charge on any atom is -0.478 e. The summed E-state index contributed by atoms with van der Waals surface area (Å²) in [6.07, 6.45) is 12.5. The Kier molecular flexibility index (Phi) is 15.6. The number of likely N-dealkylation sites (tertiary alicyclic amines) is 1. The van der Waals surface area contributed by atoms with Gasteiger partial charge in [-0.05, 0) is 74.9 Å². The molecule has 1 fully saturated rings. The molecule has 0 aliphatic carbocycles. The van der Waals surface area contributed by atoms with Gasteiger partial charge in [-0.3, -0.25) is 0 Å². The molecule has 188 valence electrons. The Morgan fingerprint density at radius 1 is 1.06 bits per heavy atom. The van der Waals surface area contributed by atoms with Crippen molar-refractivity contribution in [1.82, 2.24) is 4.90 Å². The molecule has 1 aliphatic heterocycles. The number of rotatable bonds is 12. The second kappa shape index (κ2) is 18.0. The zero-order valence-corrected chi connectivity index (χ0v) is 21.7. The predicted octanol–water partition coefficient (Wildman–Crippen LogP) is 5.86. The van der Waals surface area contributed by atoms with E-state index in [1.54, 1.807) is 0 Å². The highest BCUT2D eigenvalue weighted by Crippen LogP contribution is 2.13. The van der Waals surface area contributed by atoms with E-state index in [9.17, 15) is 9.59 Å². The van der Waals surface area contributed by atoms with Crippen LogP contribution in [0.1, 0.15) is 57.9 Å². The molecule has 0 atom stereocenters. The van der Waals surface area contributed by atoms with Crippen molar-refractivity contribution in [2.24, 2.45) is 11.1 Å². The van der Waals surface area contributed by atoms with E-state index < -0.39 is 11.9 Å². The molecule has 34 heavy (non-hydrogen) atoms. The van der Waals surface area contributed by atoms with Crippen molar-refractivity contribution in [2.75, 3.05) is 26.2 Å². The summed E-state index contributed by atoms with van der Waals surface area (Å²) < 4.78 is 1.10. The molecule has 1 aromatic rings. The van der Waals surface area contributed by atoms with Crippen molar-refractivity contribution in [3.63, 3.8) is 0 Å². The van der Waals surface area contributed by atoms with Crippen LogP contribution in [0.5, 0.6) is 0 Å². The molecule has 8 heteroatoms. The average molecular weight is 537 g/mol. The van der Waals surface area contributed by atoms with Crippen molar-refractivity contribution < 1.29 is 24.6 Å². The molecule has 1 aliphatic rings. The normalized spacial score (nSPS) is 14.9. The minimum atomic E-state index is -1.26. The van der Waals surface area contributed by atoms with Crippen molar-refractivity contribution in [1.29, 1.82) is 0 Å². The maximum atomic E-state index is 9.55. The Balaban J connectivity index is 0.000000620. The number of benzene rings is 1. The minimum absolute atomic E-state index is 0.558. The zero-order valence-electron chi connectivity index (χ0n) is 20.2. The van der Waals surface area contributed by atoms with Gasteiger partial charge in [0.2, 0.25) is 0 Å². The number of nitrogens with zero attached hydrogens (tertiary/aromatic N) is 2. The van der Waals surface area contributed by atoms with E-state index >= 15 is 0 Å². The molecule has 0 saturated carbocycles. The van der Waals surface area contributed by atoms with Gasteiger partial charge in [0.1, 0.15) is 6.61 Å². The van der Waals surface area contributed by atoms with E-state index in [4.69, 9.17) is 15.1 Å². The summed E-state index contributed by atoms with van der Waals surface area (Å²) in [7, 11) is 0. The van der Waals surface area contributed by atoms with Crippen LogP contribution in [0.4, 0.5) is 0 Å². The maximum absolute atomic E-state index is 9.55. The van der Waals surface area contributed by atoms with Gasteiger partial charge in [-0.2, -0.15) is 0 Å². The van der Waals surface area contributed by atoms with Gasteiger partial charge in [0, 0.05) is 23.2 Å². The number of halogens is 1. The summed E-state index contributed by atoms with van der Waals surface area (Å²) in [6.45, 7) is 8.82. The lowest BCUT2D eigenvalue weighted by atomic mass is 10.0. The second-order valence-corrected chi connectivity index (χ2v) is 9.41. The lowest BCUT2D eigenvalue weighted by molar-refractivity contribution is -0.134. The SMILES string of the molecule is CC(C)CCC(/C=C/c1ccc(Br)cc1)=N\OCCCN1CCCCC1.O=C(O)/C=C/C(=O)O. The van der Waals surface area contributed by atoms with Crippen LogP contribution in [0, 0.1) is 5.92 Å². The molecule has 7 nitrogen and oxygen atoms in total. The molecule has 1 saturated heterocycles. The Labute approximate surface area is 211 Å². The first-order valence-corrected chi connectivity index (χ1v) is 12.5. The highest BCUT2D eigenvalue weighted by Gasteiger charge is 2.09. The maximum Gasteiger partial charge on any atom is 0.328 e. The van der Waals surface area contributed by atoms with Gasteiger partial charge in [0.05, 0.1) is 5.71 Å². The van der Waals surface area contributed by atoms with Crippen molar-refractivity contribution >= 4 is 39.7 Å². The third-order valence-corrected chi connectivity index (χ3v) is 5.55. The average Bonchev–Trinajstić information content (AvgIpc) is 2.81. The Morgan fingerprint density at radius 3 is 2.24 bits per heavy atom. The van der Waals surface area contributed by atoms with Crippen molar-refractivity contribution in [2.45, 2.75) is 52.4 Å². The van der Waals surface area contributed by atoms with Crippen LogP contribution < -0.4 is 0 Å². The molecule has 0 bridgehead atoms. The molecule has 0 unspecified atom stereocenters. The van der Waals surface area contributed by atoms with E-state index in [2.05, 4.69) is 76.3 Å². The Morgan fingerprint density at radius 2 is 1.68 bits per heavy atom. The molecular weight excluding hydrogens is 500 g/mol. The Bertz CT molecular complexity index is 797. The number of piperidine rings is 1. The molecule has 1 aromatic carbocycles. The smallest absolute Gasteiger partial charge is 0.328 e. The lowest BCUT2D eigenvalue weighted by Crippen LogP contribution is -2.31. The van der Waals surface area contributed by atoms with E-state index in [0.29, 0.717) is 24.7 Å². The van der Waals surface area contributed by atoms with E-state index in [-0.39, 0.29) is 0 Å². The van der Waals surface area contributed by atoms with Crippen LogP contribution >= 0.6 is 15.9 Å². The summed E-state index contributed by atoms with van der Waals surface area (Å²) in [5.41, 5.74) is 2.20. The van der Waals surface area contributed by atoms with E-state index in [0.717, 1.165) is 36.0 Å². The number of allylic oxidation sites excluding steroid dienone is 1. The van der Waals surface area contributed by atoms with Crippen LogP contribution in [0.2, 0.25) is 0 Å². The molecule has 0 radical (unpaired) electrons. The number of carbonyl (C=O) groups is 2. The van der Waals surface area contributed by atoms with Gasteiger partial charge in [0.15, 0.2) is 0 Å². The van der Waals surface area contributed by atoms with Crippen molar-refractivity contribution in [3.8, 4) is 0 Å². The topological polar surface area (TPSA) is 99.4 Å². The van der Waals surface area contributed by atoms with Gasteiger partial charge in [-0.1, -0.05) is 59.6 Å². The van der Waals surface area contributed by atoms with Gasteiger partial charge < -0.3 is 20.0 Å². The van der Waals surface area contributed by atoms with Crippen molar-refractivity contribution in [3.05, 3.63) is 52.5 Å². The zero-order chi connectivity index (χ0) is 25.2. The third kappa shape index (κ3) is 16.2. The molecule has 1 heterocycles. The number of carboxylic acids is 2. The van der Waals surface area contributed by atoms with Crippen LogP contribution in [0.25, 0.3) is 6.08 Å². The van der Waals surface area contributed by atoms with Gasteiger partial charge >= 0.3 is 11.9 Å². The van der Waals surface area contributed by atoms with E-state index in [1.165, 1.54) is 37.9 Å². The largest absolute Gasteiger partial charge is 0.478 e. The lowest BCUT2D eigenvalue weighted by Gasteiger charge is -2.25. The number of oxime groups is 1. The highest BCUT2D eigenvalue weighted by atomic mass is 79.9. The van der Waals surface area contributed by atoms with Gasteiger partial charge in [0.25, 0.3) is 0 Å². The molecule has 0 spiro atoms. The first-order chi connectivity index (χ1) is 16.3. The third-order valence-electron chi connectivity index (χ3n) is 5.02. The first-order valence-electron chi connectivity index (χ1n) is 11.7. The molecule has 2 N–H and O–H groups in total. The van der Waals surface area contributed by atoms with Crippen LogP contribution in [0.3, 0.4) is 0 Å².